The smallest absolute Gasteiger partial charge is 0.219 e. The average Bonchev–Trinajstić information content (AvgIpc) is 3.35. The summed E-state index contributed by atoms with van der Waals surface area (Å²) in [5, 5.41) is 2.71. The number of carbonyl (C=O) groups excluding carboxylic acids is 3. The first-order chi connectivity index (χ1) is 14.4. The molecular weight excluding hydrogens is 382 g/mol. The molecule has 3 amide bonds. The van der Waals surface area contributed by atoms with Crippen molar-refractivity contribution in [2.75, 3.05) is 52.4 Å². The van der Waals surface area contributed by atoms with Crippen LogP contribution in [0.1, 0.15) is 59.3 Å². The molecule has 170 valence electrons. The van der Waals surface area contributed by atoms with Crippen molar-refractivity contribution in [2.45, 2.75) is 59.3 Å². The molecule has 30 heavy (non-hydrogen) atoms. The number of rotatable bonds is 12. The van der Waals surface area contributed by atoms with Gasteiger partial charge < -0.3 is 20.0 Å². The third-order valence-corrected chi connectivity index (χ3v) is 6.21. The van der Waals surface area contributed by atoms with Gasteiger partial charge in [-0.05, 0) is 12.3 Å². The van der Waals surface area contributed by atoms with Crippen molar-refractivity contribution in [1.82, 2.24) is 20.0 Å². The summed E-state index contributed by atoms with van der Waals surface area (Å²) in [5.41, 5.74) is 0. The molecule has 0 saturated heterocycles. The fraction of sp³-hybridized carbons (Fsp3) is 0.818. The average molecular weight is 422 g/mol. The van der Waals surface area contributed by atoms with Gasteiger partial charge in [0.05, 0.1) is 12.4 Å². The van der Waals surface area contributed by atoms with Gasteiger partial charge in [-0.25, -0.2) is 0 Å². The lowest BCUT2D eigenvalue weighted by Crippen LogP contribution is -2.45. The van der Waals surface area contributed by atoms with Gasteiger partial charge in [-0.2, -0.15) is 0 Å². The molecule has 8 nitrogen and oxygen atoms in total. The quantitative estimate of drug-likeness (QED) is 0.518. The van der Waals surface area contributed by atoms with E-state index in [1.807, 2.05) is 0 Å². The highest BCUT2D eigenvalue weighted by atomic mass is 16.2. The lowest BCUT2D eigenvalue weighted by molar-refractivity contribution is -0.133. The maximum atomic E-state index is 12.1. The van der Waals surface area contributed by atoms with Crippen LogP contribution in [0, 0.1) is 5.92 Å². The van der Waals surface area contributed by atoms with Gasteiger partial charge >= 0.3 is 0 Å². The Balaban J connectivity index is 1.77. The molecule has 0 unspecified atom stereocenters. The first kappa shape index (κ1) is 24.2. The number of hydrogen-bond acceptors (Lipinski definition) is 5. The van der Waals surface area contributed by atoms with Crippen LogP contribution in [0.15, 0.2) is 4.99 Å². The first-order valence-electron chi connectivity index (χ1n) is 11.4. The highest BCUT2D eigenvalue weighted by Crippen LogP contribution is 2.29. The van der Waals surface area contributed by atoms with Gasteiger partial charge in [0.25, 0.3) is 0 Å². The number of nitrogens with one attached hydrogen (secondary N) is 1. The summed E-state index contributed by atoms with van der Waals surface area (Å²) in [6, 6.07) is 0. The zero-order valence-corrected chi connectivity index (χ0v) is 19.0. The third-order valence-electron chi connectivity index (χ3n) is 6.21. The van der Waals surface area contributed by atoms with E-state index in [9.17, 15) is 14.4 Å². The third kappa shape index (κ3) is 8.32. The molecule has 0 aromatic heterocycles. The van der Waals surface area contributed by atoms with E-state index in [4.69, 9.17) is 4.99 Å². The van der Waals surface area contributed by atoms with Gasteiger partial charge in [-0.15, -0.1) is 0 Å². The van der Waals surface area contributed by atoms with Crippen molar-refractivity contribution in [3.05, 3.63) is 0 Å². The Kier molecular flexibility index (Phi) is 10.1. The maximum absolute atomic E-state index is 12.1. The van der Waals surface area contributed by atoms with Crippen LogP contribution in [0.25, 0.3) is 0 Å². The minimum absolute atomic E-state index is 0.0176. The minimum Gasteiger partial charge on any atom is -0.357 e. The van der Waals surface area contributed by atoms with Crippen molar-refractivity contribution in [2.24, 2.45) is 10.9 Å². The summed E-state index contributed by atoms with van der Waals surface area (Å²) in [4.78, 5) is 45.5. The van der Waals surface area contributed by atoms with Gasteiger partial charge in [0.1, 0.15) is 0 Å². The van der Waals surface area contributed by atoms with Crippen molar-refractivity contribution in [1.29, 1.82) is 0 Å². The summed E-state index contributed by atoms with van der Waals surface area (Å²) < 4.78 is 0. The first-order valence-corrected chi connectivity index (χ1v) is 11.4. The van der Waals surface area contributed by atoms with Crippen LogP contribution in [0.3, 0.4) is 0 Å². The second-order valence-corrected chi connectivity index (χ2v) is 8.47. The molecule has 0 aromatic carbocycles. The fourth-order valence-corrected chi connectivity index (χ4v) is 4.34. The Labute approximate surface area is 181 Å². The predicted octanol–water partition coefficient (Wildman–Crippen LogP) is 1.50. The van der Waals surface area contributed by atoms with E-state index in [0.29, 0.717) is 32.7 Å². The van der Waals surface area contributed by atoms with Crippen molar-refractivity contribution < 1.29 is 14.4 Å². The number of nitrogens with zero attached hydrogens (tertiary/aromatic N) is 4. The molecule has 1 saturated carbocycles. The zero-order valence-electron chi connectivity index (χ0n) is 19.0. The largest absolute Gasteiger partial charge is 0.357 e. The summed E-state index contributed by atoms with van der Waals surface area (Å²) in [7, 11) is 0. The number of amidine groups is 1. The van der Waals surface area contributed by atoms with Crippen LogP contribution in [0.5, 0.6) is 0 Å². The molecular formula is C22H39N5O3. The monoisotopic (exact) mass is 421 g/mol. The van der Waals surface area contributed by atoms with E-state index in [-0.39, 0.29) is 17.7 Å². The molecule has 1 fully saturated rings. The molecule has 0 bridgehead atoms. The molecule has 0 aromatic rings. The lowest BCUT2D eigenvalue weighted by atomic mass is 10.0. The highest BCUT2D eigenvalue weighted by Gasteiger charge is 2.22. The van der Waals surface area contributed by atoms with Crippen LogP contribution in [-0.2, 0) is 14.4 Å². The zero-order chi connectivity index (χ0) is 21.9. The standard InChI is InChI=1S/C22H39N5O3/c1-18(28)23-10-12-25(19(2)29)14-15-26(20(3)30)16-17-27-13-11-24-22(27)9-8-21-6-4-5-7-21/h21H,4-17H2,1-3H3,(H,23,28). The maximum Gasteiger partial charge on any atom is 0.219 e. The predicted molar refractivity (Wildman–Crippen MR) is 118 cm³/mol. The normalized spacial score (nSPS) is 16.5. The molecule has 0 radical (unpaired) electrons. The second-order valence-electron chi connectivity index (χ2n) is 8.47. The minimum atomic E-state index is -0.111. The Bertz CT molecular complexity index is 616. The number of aliphatic imine (C=N–C) groups is 1. The van der Waals surface area contributed by atoms with Crippen molar-refractivity contribution in [3.8, 4) is 0 Å². The molecule has 1 aliphatic carbocycles. The highest BCUT2D eigenvalue weighted by molar-refractivity contribution is 5.83. The number of hydrogen-bond donors (Lipinski definition) is 1. The summed E-state index contributed by atoms with van der Waals surface area (Å²) >= 11 is 0. The van der Waals surface area contributed by atoms with Gasteiger partial charge in [-0.1, -0.05) is 25.7 Å². The van der Waals surface area contributed by atoms with Crippen LogP contribution in [0.2, 0.25) is 0 Å². The second kappa shape index (κ2) is 12.5. The summed E-state index contributed by atoms with van der Waals surface area (Å²) in [5.74, 6) is 1.92. The van der Waals surface area contributed by atoms with Crippen LogP contribution in [0.4, 0.5) is 0 Å². The lowest BCUT2D eigenvalue weighted by Gasteiger charge is -2.29. The Morgan fingerprint density at radius 3 is 2.23 bits per heavy atom. The molecule has 0 spiro atoms. The number of amides is 3. The van der Waals surface area contributed by atoms with Crippen LogP contribution in [-0.4, -0.2) is 90.6 Å². The van der Waals surface area contributed by atoms with Gasteiger partial charge in [0.15, 0.2) is 0 Å². The van der Waals surface area contributed by atoms with Crippen molar-refractivity contribution >= 4 is 23.6 Å². The van der Waals surface area contributed by atoms with E-state index < -0.39 is 0 Å². The SMILES string of the molecule is CC(=O)NCCN(CCN(CCN1CCN=C1CCC1CCCC1)C(C)=O)C(C)=O. The summed E-state index contributed by atoms with van der Waals surface area (Å²) in [6.45, 7) is 9.59. The molecule has 2 aliphatic rings. The molecule has 1 heterocycles. The summed E-state index contributed by atoms with van der Waals surface area (Å²) in [6.07, 6.45) is 7.74. The van der Waals surface area contributed by atoms with Gasteiger partial charge in [0.2, 0.25) is 17.7 Å². The van der Waals surface area contributed by atoms with E-state index in [1.165, 1.54) is 51.8 Å². The Hall–Kier alpha value is -2.12. The molecule has 8 heteroatoms. The molecule has 2 rings (SSSR count). The van der Waals surface area contributed by atoms with Crippen LogP contribution < -0.4 is 5.32 Å². The Morgan fingerprint density at radius 1 is 1.00 bits per heavy atom. The van der Waals surface area contributed by atoms with E-state index in [0.717, 1.165) is 32.0 Å². The fourth-order valence-electron chi connectivity index (χ4n) is 4.34. The number of carbonyl (C=O) groups is 3. The van der Waals surface area contributed by atoms with E-state index >= 15 is 0 Å². The van der Waals surface area contributed by atoms with Crippen molar-refractivity contribution in [3.63, 3.8) is 0 Å². The molecule has 1 aliphatic heterocycles. The Morgan fingerprint density at radius 2 is 1.63 bits per heavy atom. The van der Waals surface area contributed by atoms with Crippen LogP contribution >= 0.6 is 0 Å². The van der Waals surface area contributed by atoms with Gasteiger partial charge in [0, 0.05) is 73.0 Å². The molecule has 0 atom stereocenters. The topological polar surface area (TPSA) is 85.3 Å². The molecule has 1 N–H and O–H groups in total. The van der Waals surface area contributed by atoms with E-state index in [1.54, 1.807) is 16.7 Å². The van der Waals surface area contributed by atoms with Gasteiger partial charge in [-0.3, -0.25) is 19.4 Å². The van der Waals surface area contributed by atoms with E-state index in [2.05, 4.69) is 10.2 Å².